The molecule has 6 atom stereocenters. The molecule has 0 bridgehead atoms. The smallest absolute Gasteiger partial charge is 0.412 e. The van der Waals surface area contributed by atoms with Crippen LogP contribution in [0.2, 0.25) is 0 Å². The van der Waals surface area contributed by atoms with Crippen LogP contribution in [0.3, 0.4) is 0 Å². The average molecular weight is 1520 g/mol. The number of aliphatic hydroxyl groups is 1. The molecule has 590 valence electrons. The summed E-state index contributed by atoms with van der Waals surface area (Å²) in [6, 6.07) is 48.5. The standard InChI is InChI=1S/C31H39N3O6.C24H28N4O3.C12H18N2O2.C12H10N2O.C6H10O3/c1-22(2)28(36)39-18-17-38-27(35)15-16-31(5)20-25(19-30(3,4)21-31)32-29(37)40-26-13-11-24(12-14-26)34-33-23-9-7-6-8-10-23;1-23(2)13-20(14-24(3,15-23)16-25-17-29)26-22(30)31-21-11-9-19(10-12-21)28-27-18-7-5-4-6-8-18;1-11(2)4-10(16-8-13)5-12(3,6-11)7-14-9-15;15-12-8-6-11(7-9-12)14-13-10-4-2-1-3-5-10;1-5(2)6(8)9-4-3-7/h6-14,25H,1,15-21H2,2-5H3,(H,32,37);4-12,20H,13-16H2,1-3H3,(H,26,30);10H,4-7H2,1-3H3;1-9,15H;7H,1,3-4H2,2H3. The van der Waals surface area contributed by atoms with Crippen molar-refractivity contribution in [2.75, 3.05) is 39.5 Å². The molecule has 111 heavy (non-hydrogen) atoms. The molecule has 26 heteroatoms. The summed E-state index contributed by atoms with van der Waals surface area (Å²) in [6.45, 7) is 30.1. The van der Waals surface area contributed by atoms with Gasteiger partial charge in [0.05, 0.1) is 53.8 Å². The Morgan fingerprint density at radius 3 is 1.19 bits per heavy atom. The first-order chi connectivity index (χ1) is 52.6. The molecule has 6 aromatic rings. The maximum Gasteiger partial charge on any atom is 0.412 e. The Kier molecular flexibility index (Phi) is 36.3. The monoisotopic (exact) mass is 1520 g/mol. The number of phenolic OH excluding ortho intramolecular Hbond substituents is 1. The number of aromatic hydroxyl groups is 1. The highest BCUT2D eigenvalue weighted by Crippen LogP contribution is 2.50. The lowest BCUT2D eigenvalue weighted by Crippen LogP contribution is -2.48. The number of ether oxygens (including phenoxy) is 6. The normalized spacial score (nSPS) is 20.3. The van der Waals surface area contributed by atoms with Gasteiger partial charge in [0.15, 0.2) is 0 Å². The minimum atomic E-state index is -0.521. The second kappa shape index (κ2) is 44.7. The number of carbonyl (C=O) groups excluding carboxylic acids is 7. The molecule has 0 aromatic heterocycles. The van der Waals surface area contributed by atoms with Gasteiger partial charge in [-0.1, -0.05) is 130 Å². The molecule has 3 saturated carbocycles. The number of hydrogen-bond donors (Lipinski definition) is 4. The number of carbonyl (C=O) groups is 5. The minimum Gasteiger partial charge on any atom is -0.508 e. The largest absolute Gasteiger partial charge is 0.508 e. The van der Waals surface area contributed by atoms with E-state index in [0.29, 0.717) is 60.0 Å². The molecule has 0 saturated heterocycles. The van der Waals surface area contributed by atoms with Crippen LogP contribution >= 0.6 is 0 Å². The molecule has 0 aliphatic heterocycles. The van der Waals surface area contributed by atoms with E-state index in [4.69, 9.17) is 39.2 Å². The van der Waals surface area contributed by atoms with Gasteiger partial charge in [0.25, 0.3) is 6.26 Å². The number of esters is 3. The topological polar surface area (TPSA) is 362 Å². The van der Waals surface area contributed by atoms with Crippen molar-refractivity contribution in [1.29, 1.82) is 5.26 Å². The summed E-state index contributed by atoms with van der Waals surface area (Å²) >= 11 is 0. The summed E-state index contributed by atoms with van der Waals surface area (Å²) in [5.74, 6) is -0.234. The van der Waals surface area contributed by atoms with Gasteiger partial charge in [-0.3, -0.25) is 4.79 Å². The number of nitriles is 1. The molecule has 4 N–H and O–H groups in total. The Bertz CT molecular complexity index is 4220. The maximum absolute atomic E-state index is 12.7. The summed E-state index contributed by atoms with van der Waals surface area (Å²) in [5, 5.41) is 56.6. The van der Waals surface area contributed by atoms with Crippen molar-refractivity contribution in [1.82, 2.24) is 10.6 Å². The van der Waals surface area contributed by atoms with Crippen LogP contribution in [-0.2, 0) is 42.9 Å². The van der Waals surface area contributed by atoms with Crippen molar-refractivity contribution in [2.45, 2.75) is 165 Å². The van der Waals surface area contributed by atoms with E-state index >= 15 is 0 Å². The van der Waals surface area contributed by atoms with E-state index in [1.165, 1.54) is 0 Å². The third kappa shape index (κ3) is 36.0. The Balaban J connectivity index is 0.000000272. The summed E-state index contributed by atoms with van der Waals surface area (Å²) in [5.41, 5.74) is 4.71. The van der Waals surface area contributed by atoms with E-state index in [2.05, 4.69) is 132 Å². The Labute approximate surface area is 650 Å². The molecule has 3 fully saturated rings. The molecule has 26 nitrogen and oxygen atoms in total. The summed E-state index contributed by atoms with van der Waals surface area (Å²) in [6.07, 6.45) is 12.3. The Morgan fingerprint density at radius 2 is 0.811 bits per heavy atom. The zero-order valence-corrected chi connectivity index (χ0v) is 65.5. The molecule has 0 heterocycles. The van der Waals surface area contributed by atoms with E-state index in [-0.39, 0.29) is 95.2 Å². The highest BCUT2D eigenvalue weighted by Gasteiger charge is 2.45. The van der Waals surface area contributed by atoms with E-state index in [0.717, 1.165) is 74.1 Å². The molecular weight excluding hydrogens is 1410 g/mol. The highest BCUT2D eigenvalue weighted by molar-refractivity contribution is 5.87. The van der Waals surface area contributed by atoms with Crippen LogP contribution < -0.4 is 20.1 Å². The third-order valence-corrected chi connectivity index (χ3v) is 17.8. The molecule has 6 unspecified atom stereocenters. The fourth-order valence-electron chi connectivity index (χ4n) is 14.3. The number of azo groups is 3. The van der Waals surface area contributed by atoms with Crippen molar-refractivity contribution >= 4 is 76.4 Å². The van der Waals surface area contributed by atoms with Gasteiger partial charge in [-0.15, -0.1) is 0 Å². The highest BCUT2D eigenvalue weighted by atomic mass is 16.6. The summed E-state index contributed by atoms with van der Waals surface area (Å²) in [4.78, 5) is 87.5. The van der Waals surface area contributed by atoms with Crippen molar-refractivity contribution in [3.05, 3.63) is 188 Å². The second-order valence-corrected chi connectivity index (χ2v) is 31.2. The number of benzene rings is 6. The van der Waals surface area contributed by atoms with Gasteiger partial charge in [-0.05, 0) is 220 Å². The van der Waals surface area contributed by atoms with Crippen LogP contribution in [0.25, 0.3) is 0 Å². The molecule has 3 aliphatic carbocycles. The van der Waals surface area contributed by atoms with E-state index < -0.39 is 24.1 Å². The lowest BCUT2D eigenvalue weighted by Gasteiger charge is -2.46. The van der Waals surface area contributed by atoms with Crippen LogP contribution in [0, 0.1) is 44.0 Å². The number of rotatable bonds is 25. The van der Waals surface area contributed by atoms with Gasteiger partial charge in [0.1, 0.15) is 43.2 Å². The van der Waals surface area contributed by atoms with Crippen LogP contribution in [0.15, 0.2) is 229 Å². The number of hydrogen-bond acceptors (Lipinski definition) is 24. The lowest BCUT2D eigenvalue weighted by molar-refractivity contribution is -0.150. The van der Waals surface area contributed by atoms with Gasteiger partial charge < -0.3 is 49.3 Å². The number of aliphatic imine (C=N–C) groups is 2. The average Bonchev–Trinajstić information content (AvgIpc) is 0.813. The molecule has 2 amide bonds. The van der Waals surface area contributed by atoms with Crippen molar-refractivity contribution < 1.29 is 72.2 Å². The van der Waals surface area contributed by atoms with Crippen LogP contribution in [-0.4, -0.2) is 110 Å². The van der Waals surface area contributed by atoms with Crippen LogP contribution in [0.5, 0.6) is 17.2 Å². The maximum atomic E-state index is 12.7. The van der Waals surface area contributed by atoms with Crippen LogP contribution in [0.4, 0.5) is 43.7 Å². The van der Waals surface area contributed by atoms with Gasteiger partial charge in [-0.25, -0.2) is 38.8 Å². The minimum absolute atomic E-state index is 0.00362. The first-order valence-electron chi connectivity index (χ1n) is 36.5. The number of aliphatic hydroxyl groups excluding tert-OH is 1. The number of amides is 2. The summed E-state index contributed by atoms with van der Waals surface area (Å²) < 4.78 is 30.6. The fourth-order valence-corrected chi connectivity index (χ4v) is 14.3. The molecule has 0 radical (unpaired) electrons. The first kappa shape index (κ1) is 90.0. The van der Waals surface area contributed by atoms with Gasteiger partial charge in [-0.2, -0.15) is 35.9 Å². The second-order valence-electron chi connectivity index (χ2n) is 31.2. The van der Waals surface area contributed by atoms with E-state index in [1.807, 2.05) is 91.0 Å². The van der Waals surface area contributed by atoms with Gasteiger partial charge in [0, 0.05) is 29.7 Å². The summed E-state index contributed by atoms with van der Waals surface area (Å²) in [7, 11) is 0. The number of nitrogens with zero attached hydrogens (tertiary/aromatic N) is 9. The van der Waals surface area contributed by atoms with Crippen LogP contribution in [0.1, 0.15) is 147 Å². The van der Waals surface area contributed by atoms with Gasteiger partial charge >= 0.3 is 30.1 Å². The predicted molar refractivity (Wildman–Crippen MR) is 421 cm³/mol. The Hall–Kier alpha value is -11.6. The first-order valence-corrected chi connectivity index (χ1v) is 36.5. The molecule has 3 aliphatic rings. The zero-order chi connectivity index (χ0) is 81.5. The molecule has 6 aromatic carbocycles. The van der Waals surface area contributed by atoms with E-state index in [1.54, 1.807) is 105 Å². The van der Waals surface area contributed by atoms with Crippen molar-refractivity contribution in [3.63, 3.8) is 0 Å². The fraction of sp³-hybridized carbons (Fsp3) is 0.435. The van der Waals surface area contributed by atoms with E-state index in [9.17, 15) is 33.6 Å². The van der Waals surface area contributed by atoms with Crippen molar-refractivity contribution in [2.24, 2.45) is 73.2 Å². The lowest BCUT2D eigenvalue weighted by atomic mass is 9.61. The third-order valence-electron chi connectivity index (χ3n) is 17.8. The number of phenols is 1. The SMILES string of the molecule is C=C(C)C(=O)OCCO.C=C(C)C(=O)OCCOC(=O)CCC1(C)CC(NC(=O)Oc2ccc(N=Nc3ccccc3)cc2)CC(C)(C)C1.CC1(C)CC(NC(=O)Oc2ccc(N=Nc3ccccc3)cc2)CC(C)(CN=C=O)C1.CC1(C)CC(OC#N)CC(C)(CN=C=O)C1.Oc1ccc(N=Nc2ccccc2)cc1. The quantitative estimate of drug-likeness (QED) is 0.00604. The molecule has 0 spiro atoms. The number of nitrogens with one attached hydrogen (secondary N) is 2. The number of isocyanates is 2. The Morgan fingerprint density at radius 1 is 0.468 bits per heavy atom. The van der Waals surface area contributed by atoms with Gasteiger partial charge in [0.2, 0.25) is 12.2 Å². The molecular formula is C85H105N11O15. The zero-order valence-electron chi connectivity index (χ0n) is 65.5. The van der Waals surface area contributed by atoms with Crippen molar-refractivity contribution in [3.8, 4) is 23.5 Å². The predicted octanol–water partition coefficient (Wildman–Crippen LogP) is 19.6. The molecule has 9 rings (SSSR count).